The molecule has 0 N–H and O–H groups in total. The molecule has 2 rings (SSSR count). The van der Waals surface area contributed by atoms with Crippen LogP contribution in [0.1, 0.15) is 18.1 Å². The smallest absolute Gasteiger partial charge is 0.272 e. The number of hydrogen-bond acceptors (Lipinski definition) is 4. The minimum atomic E-state index is -0.430. The van der Waals surface area contributed by atoms with Crippen LogP contribution in [0.5, 0.6) is 5.75 Å². The molecule has 2 aromatic rings. The van der Waals surface area contributed by atoms with Crippen LogP contribution >= 0.6 is 0 Å². The van der Waals surface area contributed by atoms with E-state index in [9.17, 15) is 10.1 Å². The predicted molar refractivity (Wildman–Crippen MR) is 82.4 cm³/mol. The summed E-state index contributed by atoms with van der Waals surface area (Å²) in [5.74, 6) is 0.276. The van der Waals surface area contributed by atoms with Crippen molar-refractivity contribution in [2.75, 3.05) is 0 Å². The largest absolute Gasteiger partial charge is 0.489 e. The maximum Gasteiger partial charge on any atom is 0.272 e. The molecule has 0 fully saturated rings. The summed E-state index contributed by atoms with van der Waals surface area (Å²) in [6, 6.07) is 16.4. The average molecular weight is 296 g/mol. The van der Waals surface area contributed by atoms with Crippen LogP contribution in [0, 0.1) is 27.4 Å². The van der Waals surface area contributed by atoms with E-state index in [4.69, 9.17) is 10.00 Å². The number of hydrogen-bond donors (Lipinski definition) is 0. The molecule has 112 valence electrons. The lowest BCUT2D eigenvalue weighted by Gasteiger charge is -2.09. The number of nitriles is 1. The molecule has 0 spiro atoms. The van der Waals surface area contributed by atoms with E-state index in [1.807, 2.05) is 30.3 Å². The van der Waals surface area contributed by atoms with Crippen molar-refractivity contribution in [2.24, 2.45) is 5.92 Å². The van der Waals surface area contributed by atoms with Crippen LogP contribution in [0.25, 0.3) is 0 Å². The molecule has 0 saturated carbocycles. The fourth-order valence-electron chi connectivity index (χ4n) is 2.11. The van der Waals surface area contributed by atoms with Crippen molar-refractivity contribution >= 4 is 5.69 Å². The monoisotopic (exact) mass is 296 g/mol. The summed E-state index contributed by atoms with van der Waals surface area (Å²) < 4.78 is 5.68. The summed E-state index contributed by atoms with van der Waals surface area (Å²) in [5, 5.41) is 20.0. The molecule has 0 aromatic heterocycles. The summed E-state index contributed by atoms with van der Waals surface area (Å²) in [4.78, 5) is 10.6. The quantitative estimate of drug-likeness (QED) is 0.599. The standard InChI is InChI=1S/C17H16N2O3/c1-13(11-18)9-15-10-16(7-8-17(15)19(20)21)22-12-14-5-3-2-4-6-14/h2-8,10,13H,9,12H2,1H3. The summed E-state index contributed by atoms with van der Waals surface area (Å²) in [6.45, 7) is 2.13. The highest BCUT2D eigenvalue weighted by atomic mass is 16.6. The van der Waals surface area contributed by atoms with E-state index in [0.717, 1.165) is 5.56 Å². The third kappa shape index (κ3) is 4.06. The molecule has 0 saturated heterocycles. The van der Waals surface area contributed by atoms with Crippen LogP contribution in [-0.2, 0) is 13.0 Å². The van der Waals surface area contributed by atoms with Gasteiger partial charge in [0.2, 0.25) is 0 Å². The molecule has 0 radical (unpaired) electrons. The second-order valence-electron chi connectivity index (χ2n) is 5.06. The molecule has 1 atom stereocenters. The maximum atomic E-state index is 11.1. The van der Waals surface area contributed by atoms with Gasteiger partial charge < -0.3 is 4.74 Å². The van der Waals surface area contributed by atoms with Gasteiger partial charge in [-0.25, -0.2) is 0 Å². The van der Waals surface area contributed by atoms with Crippen molar-refractivity contribution in [2.45, 2.75) is 20.0 Å². The van der Waals surface area contributed by atoms with Crippen LogP contribution in [0.2, 0.25) is 0 Å². The Balaban J connectivity index is 2.17. The molecule has 22 heavy (non-hydrogen) atoms. The lowest BCUT2D eigenvalue weighted by Crippen LogP contribution is -2.02. The minimum absolute atomic E-state index is 0.0224. The highest BCUT2D eigenvalue weighted by Gasteiger charge is 2.17. The first-order valence-electron chi connectivity index (χ1n) is 6.94. The molecular weight excluding hydrogens is 280 g/mol. The van der Waals surface area contributed by atoms with Crippen LogP contribution in [-0.4, -0.2) is 4.92 Å². The van der Waals surface area contributed by atoms with Gasteiger partial charge >= 0.3 is 0 Å². The zero-order valence-corrected chi connectivity index (χ0v) is 12.2. The Morgan fingerprint density at radius 3 is 2.64 bits per heavy atom. The van der Waals surface area contributed by atoms with E-state index in [1.165, 1.54) is 6.07 Å². The Hall–Kier alpha value is -2.87. The summed E-state index contributed by atoms with van der Waals surface area (Å²) >= 11 is 0. The van der Waals surface area contributed by atoms with E-state index in [0.29, 0.717) is 24.3 Å². The Bertz CT molecular complexity index is 693. The molecule has 5 heteroatoms. The average Bonchev–Trinajstić information content (AvgIpc) is 2.53. The highest BCUT2D eigenvalue weighted by Crippen LogP contribution is 2.27. The van der Waals surface area contributed by atoms with E-state index in [1.54, 1.807) is 19.1 Å². The molecule has 0 aliphatic rings. The van der Waals surface area contributed by atoms with Crippen LogP contribution in [0.3, 0.4) is 0 Å². The number of rotatable bonds is 6. The lowest BCUT2D eigenvalue weighted by atomic mass is 10.0. The Morgan fingerprint density at radius 1 is 1.27 bits per heavy atom. The topological polar surface area (TPSA) is 76.2 Å². The third-order valence-electron chi connectivity index (χ3n) is 3.24. The summed E-state index contributed by atoms with van der Waals surface area (Å²) in [5.41, 5.74) is 1.56. The second kappa shape index (κ2) is 7.23. The van der Waals surface area contributed by atoms with Gasteiger partial charge in [0.1, 0.15) is 12.4 Å². The fraction of sp³-hybridized carbons (Fsp3) is 0.235. The normalized spacial score (nSPS) is 11.5. The second-order valence-corrected chi connectivity index (χ2v) is 5.06. The van der Waals surface area contributed by atoms with Gasteiger partial charge in [-0.3, -0.25) is 10.1 Å². The first kappa shape index (κ1) is 15.5. The van der Waals surface area contributed by atoms with Gasteiger partial charge in [-0.15, -0.1) is 0 Å². The van der Waals surface area contributed by atoms with Crippen LogP contribution in [0.15, 0.2) is 48.5 Å². The summed E-state index contributed by atoms with van der Waals surface area (Å²) in [6.07, 6.45) is 0.329. The third-order valence-corrected chi connectivity index (χ3v) is 3.24. The van der Waals surface area contributed by atoms with E-state index in [-0.39, 0.29) is 11.6 Å². The Labute approximate surface area is 128 Å². The number of nitrogens with zero attached hydrogens (tertiary/aromatic N) is 2. The fourth-order valence-corrected chi connectivity index (χ4v) is 2.11. The van der Waals surface area contributed by atoms with E-state index in [2.05, 4.69) is 6.07 Å². The van der Waals surface area contributed by atoms with Crippen molar-refractivity contribution < 1.29 is 9.66 Å². The Kier molecular flexibility index (Phi) is 5.10. The van der Waals surface area contributed by atoms with Gasteiger partial charge in [-0.2, -0.15) is 5.26 Å². The number of nitro benzene ring substituents is 1. The van der Waals surface area contributed by atoms with Crippen molar-refractivity contribution in [1.82, 2.24) is 0 Å². The van der Waals surface area contributed by atoms with Gasteiger partial charge in [0, 0.05) is 17.5 Å². The molecule has 1 unspecified atom stereocenters. The number of benzene rings is 2. The first-order valence-corrected chi connectivity index (χ1v) is 6.94. The molecule has 0 bridgehead atoms. The minimum Gasteiger partial charge on any atom is -0.489 e. The van der Waals surface area contributed by atoms with Gasteiger partial charge in [0.15, 0.2) is 0 Å². The van der Waals surface area contributed by atoms with Gasteiger partial charge in [-0.05, 0) is 31.0 Å². The van der Waals surface area contributed by atoms with Crippen molar-refractivity contribution in [1.29, 1.82) is 5.26 Å². The SMILES string of the molecule is CC(C#N)Cc1cc(OCc2ccccc2)ccc1[N+](=O)[O-]. The zero-order chi connectivity index (χ0) is 15.9. The summed E-state index contributed by atoms with van der Waals surface area (Å²) in [7, 11) is 0. The molecule has 2 aromatic carbocycles. The molecule has 0 heterocycles. The molecule has 0 aliphatic carbocycles. The van der Waals surface area contributed by atoms with Gasteiger partial charge in [-0.1, -0.05) is 30.3 Å². The van der Waals surface area contributed by atoms with E-state index >= 15 is 0 Å². The van der Waals surface area contributed by atoms with Gasteiger partial charge in [0.25, 0.3) is 5.69 Å². The highest BCUT2D eigenvalue weighted by molar-refractivity contribution is 5.45. The van der Waals surface area contributed by atoms with Crippen LogP contribution in [0.4, 0.5) is 5.69 Å². The molecular formula is C17H16N2O3. The van der Waals surface area contributed by atoms with Crippen molar-refractivity contribution in [3.8, 4) is 11.8 Å². The lowest BCUT2D eigenvalue weighted by molar-refractivity contribution is -0.385. The van der Waals surface area contributed by atoms with Crippen LogP contribution < -0.4 is 4.74 Å². The predicted octanol–water partition coefficient (Wildman–Crippen LogP) is 3.88. The van der Waals surface area contributed by atoms with Gasteiger partial charge in [0.05, 0.1) is 11.0 Å². The maximum absolute atomic E-state index is 11.1. The molecule has 0 amide bonds. The van der Waals surface area contributed by atoms with Crippen molar-refractivity contribution in [3.63, 3.8) is 0 Å². The Morgan fingerprint density at radius 2 is 2.00 bits per heavy atom. The van der Waals surface area contributed by atoms with E-state index < -0.39 is 4.92 Å². The molecule has 0 aliphatic heterocycles. The molecule has 5 nitrogen and oxygen atoms in total. The first-order chi connectivity index (χ1) is 10.6. The number of ether oxygens (including phenoxy) is 1. The number of nitro groups is 1. The zero-order valence-electron chi connectivity index (χ0n) is 12.2. The van der Waals surface area contributed by atoms with Crippen molar-refractivity contribution in [3.05, 3.63) is 69.8 Å².